The van der Waals surface area contributed by atoms with Crippen LogP contribution in [0.1, 0.15) is 53.9 Å². The zero-order valence-electron chi connectivity index (χ0n) is 11.2. The molecule has 0 bridgehead atoms. The predicted octanol–water partition coefficient (Wildman–Crippen LogP) is 5.24. The Labute approximate surface area is 123 Å². The maximum absolute atomic E-state index is 11.6. The van der Waals surface area contributed by atoms with Crippen molar-refractivity contribution in [2.24, 2.45) is 0 Å². The fraction of sp³-hybridized carbons (Fsp3) is 0.353. The minimum atomic E-state index is -0.840. The third-order valence-corrected chi connectivity index (χ3v) is 4.50. The van der Waals surface area contributed by atoms with Crippen molar-refractivity contribution < 1.29 is 9.90 Å². The standard InChI is InChI=1S/C17H17ClO2/c18-13-8-6-11-7-9-14(17(19)20)16(15(11)10-13)12-4-2-1-3-5-12/h6-10,12H,1-5H2,(H,19,20). The molecule has 0 unspecified atom stereocenters. The van der Waals surface area contributed by atoms with Crippen molar-refractivity contribution in [3.8, 4) is 0 Å². The molecule has 0 amide bonds. The summed E-state index contributed by atoms with van der Waals surface area (Å²) in [5.41, 5.74) is 1.42. The highest BCUT2D eigenvalue weighted by molar-refractivity contribution is 6.31. The van der Waals surface area contributed by atoms with Crippen LogP contribution in [0.25, 0.3) is 10.8 Å². The highest BCUT2D eigenvalue weighted by atomic mass is 35.5. The van der Waals surface area contributed by atoms with Gasteiger partial charge >= 0.3 is 5.97 Å². The second-order valence-corrected chi connectivity index (χ2v) is 5.97. The van der Waals surface area contributed by atoms with Crippen LogP contribution in [0.5, 0.6) is 0 Å². The van der Waals surface area contributed by atoms with Crippen molar-refractivity contribution in [2.75, 3.05) is 0 Å². The number of rotatable bonds is 2. The second-order valence-electron chi connectivity index (χ2n) is 5.53. The Bertz CT molecular complexity index is 657. The lowest BCUT2D eigenvalue weighted by Gasteiger charge is -2.25. The van der Waals surface area contributed by atoms with Gasteiger partial charge in [0, 0.05) is 5.02 Å². The molecule has 3 rings (SSSR count). The normalized spacial score (nSPS) is 16.4. The molecule has 0 heterocycles. The molecule has 0 atom stereocenters. The zero-order valence-corrected chi connectivity index (χ0v) is 12.0. The molecule has 2 nitrogen and oxygen atoms in total. The molecule has 1 saturated carbocycles. The topological polar surface area (TPSA) is 37.3 Å². The first kappa shape index (κ1) is 13.4. The van der Waals surface area contributed by atoms with E-state index in [1.54, 1.807) is 6.07 Å². The molecule has 104 valence electrons. The highest BCUT2D eigenvalue weighted by Gasteiger charge is 2.23. The summed E-state index contributed by atoms with van der Waals surface area (Å²) >= 11 is 6.11. The molecule has 1 fully saturated rings. The van der Waals surface area contributed by atoms with E-state index in [0.717, 1.165) is 29.2 Å². The Morgan fingerprint density at radius 1 is 1.10 bits per heavy atom. The van der Waals surface area contributed by atoms with Crippen LogP contribution in [0, 0.1) is 0 Å². The first-order chi connectivity index (χ1) is 9.66. The van der Waals surface area contributed by atoms with E-state index in [4.69, 9.17) is 11.6 Å². The summed E-state index contributed by atoms with van der Waals surface area (Å²) in [5, 5.41) is 12.2. The molecular weight excluding hydrogens is 272 g/mol. The first-order valence-electron chi connectivity index (χ1n) is 7.12. The van der Waals surface area contributed by atoms with Gasteiger partial charge in [-0.1, -0.05) is 43.0 Å². The van der Waals surface area contributed by atoms with Gasteiger partial charge in [-0.05, 0) is 53.3 Å². The summed E-state index contributed by atoms with van der Waals surface area (Å²) in [6, 6.07) is 9.35. The minimum absolute atomic E-state index is 0.344. The largest absolute Gasteiger partial charge is 0.478 e. The van der Waals surface area contributed by atoms with Crippen LogP contribution < -0.4 is 0 Å². The molecule has 1 aliphatic rings. The molecule has 20 heavy (non-hydrogen) atoms. The lowest BCUT2D eigenvalue weighted by atomic mass is 9.80. The van der Waals surface area contributed by atoms with E-state index in [1.165, 1.54) is 19.3 Å². The van der Waals surface area contributed by atoms with Crippen molar-refractivity contribution in [3.05, 3.63) is 46.5 Å². The Morgan fingerprint density at radius 2 is 1.80 bits per heavy atom. The van der Waals surface area contributed by atoms with E-state index in [2.05, 4.69) is 0 Å². The molecule has 0 saturated heterocycles. The highest BCUT2D eigenvalue weighted by Crippen LogP contribution is 2.39. The maximum atomic E-state index is 11.6. The summed E-state index contributed by atoms with van der Waals surface area (Å²) in [7, 11) is 0. The van der Waals surface area contributed by atoms with Crippen LogP contribution in [-0.4, -0.2) is 11.1 Å². The minimum Gasteiger partial charge on any atom is -0.478 e. The molecule has 3 heteroatoms. The molecule has 0 aliphatic heterocycles. The van der Waals surface area contributed by atoms with Crippen molar-refractivity contribution >= 4 is 28.3 Å². The van der Waals surface area contributed by atoms with Crippen LogP contribution in [0.3, 0.4) is 0 Å². The van der Waals surface area contributed by atoms with E-state index in [9.17, 15) is 9.90 Å². The van der Waals surface area contributed by atoms with E-state index in [1.807, 2.05) is 24.3 Å². The van der Waals surface area contributed by atoms with Crippen LogP contribution >= 0.6 is 11.6 Å². The van der Waals surface area contributed by atoms with E-state index < -0.39 is 5.97 Å². The quantitative estimate of drug-likeness (QED) is 0.820. The van der Waals surface area contributed by atoms with Gasteiger partial charge in [0.15, 0.2) is 0 Å². The summed E-state index contributed by atoms with van der Waals surface area (Å²) < 4.78 is 0. The van der Waals surface area contributed by atoms with Crippen LogP contribution in [0.4, 0.5) is 0 Å². The molecule has 0 aromatic heterocycles. The van der Waals surface area contributed by atoms with Gasteiger partial charge in [-0.15, -0.1) is 0 Å². The van der Waals surface area contributed by atoms with Gasteiger partial charge in [0.05, 0.1) is 5.56 Å². The fourth-order valence-corrected chi connectivity index (χ4v) is 3.50. The monoisotopic (exact) mass is 288 g/mol. The van der Waals surface area contributed by atoms with Gasteiger partial charge < -0.3 is 5.11 Å². The third kappa shape index (κ3) is 2.40. The number of benzene rings is 2. The lowest BCUT2D eigenvalue weighted by Crippen LogP contribution is -2.11. The Hall–Kier alpha value is -1.54. The summed E-state index contributed by atoms with van der Waals surface area (Å²) in [6.45, 7) is 0. The van der Waals surface area contributed by atoms with Crippen LogP contribution in [0.15, 0.2) is 30.3 Å². The number of halogens is 1. The van der Waals surface area contributed by atoms with Crippen molar-refractivity contribution in [2.45, 2.75) is 38.0 Å². The van der Waals surface area contributed by atoms with Gasteiger partial charge in [0.25, 0.3) is 0 Å². The number of fused-ring (bicyclic) bond motifs is 1. The Morgan fingerprint density at radius 3 is 2.50 bits per heavy atom. The van der Waals surface area contributed by atoms with E-state index in [-0.39, 0.29) is 0 Å². The molecule has 2 aromatic carbocycles. The molecule has 1 N–H and O–H groups in total. The first-order valence-corrected chi connectivity index (χ1v) is 7.50. The Kier molecular flexibility index (Phi) is 3.66. The number of aromatic carboxylic acids is 1. The van der Waals surface area contributed by atoms with E-state index in [0.29, 0.717) is 16.5 Å². The SMILES string of the molecule is O=C(O)c1ccc2ccc(Cl)cc2c1C1CCCCC1. The average molecular weight is 289 g/mol. The van der Waals surface area contributed by atoms with Gasteiger partial charge in [-0.25, -0.2) is 4.79 Å². The van der Waals surface area contributed by atoms with Gasteiger partial charge in [0.1, 0.15) is 0 Å². The number of hydrogen-bond acceptors (Lipinski definition) is 1. The van der Waals surface area contributed by atoms with Crippen molar-refractivity contribution in [3.63, 3.8) is 0 Å². The van der Waals surface area contributed by atoms with Crippen molar-refractivity contribution in [1.29, 1.82) is 0 Å². The molecule has 2 aromatic rings. The number of hydrogen-bond donors (Lipinski definition) is 1. The number of carboxylic acid groups (broad SMARTS) is 1. The molecular formula is C17H17ClO2. The fourth-order valence-electron chi connectivity index (χ4n) is 3.33. The van der Waals surface area contributed by atoms with E-state index >= 15 is 0 Å². The molecule has 0 radical (unpaired) electrons. The Balaban J connectivity index is 2.25. The average Bonchev–Trinajstić information content (AvgIpc) is 2.46. The molecule has 0 spiro atoms. The summed E-state index contributed by atoms with van der Waals surface area (Å²) in [5.74, 6) is -0.496. The summed E-state index contributed by atoms with van der Waals surface area (Å²) in [4.78, 5) is 11.6. The zero-order chi connectivity index (χ0) is 14.1. The van der Waals surface area contributed by atoms with Gasteiger partial charge in [0.2, 0.25) is 0 Å². The van der Waals surface area contributed by atoms with Crippen LogP contribution in [0.2, 0.25) is 5.02 Å². The van der Waals surface area contributed by atoms with Crippen LogP contribution in [-0.2, 0) is 0 Å². The van der Waals surface area contributed by atoms with Crippen molar-refractivity contribution in [1.82, 2.24) is 0 Å². The van der Waals surface area contributed by atoms with Gasteiger partial charge in [-0.3, -0.25) is 0 Å². The predicted molar refractivity (Wildman–Crippen MR) is 81.7 cm³/mol. The molecule has 1 aliphatic carbocycles. The summed E-state index contributed by atoms with van der Waals surface area (Å²) in [6.07, 6.45) is 5.77. The smallest absolute Gasteiger partial charge is 0.335 e. The van der Waals surface area contributed by atoms with Gasteiger partial charge in [-0.2, -0.15) is 0 Å². The third-order valence-electron chi connectivity index (χ3n) is 4.27. The number of carboxylic acids is 1. The number of carbonyl (C=O) groups is 1. The maximum Gasteiger partial charge on any atom is 0.335 e. The lowest BCUT2D eigenvalue weighted by molar-refractivity contribution is 0.0695. The second kappa shape index (κ2) is 5.45.